The molecule has 106 valence electrons. The average molecular weight is 263 g/mol. The minimum atomic E-state index is -0.770. The second kappa shape index (κ2) is 5.49. The van der Waals surface area contributed by atoms with Crippen LogP contribution in [0.3, 0.4) is 0 Å². The first-order valence-corrected chi connectivity index (χ1v) is 7.19. The lowest BCUT2D eigenvalue weighted by atomic mass is 9.64. The molecular weight excluding hydrogens is 238 g/mol. The molecule has 0 saturated heterocycles. The summed E-state index contributed by atoms with van der Waals surface area (Å²) in [5.41, 5.74) is 0.130. The number of aromatic nitrogens is 1. The molecule has 1 saturated carbocycles. The minimum Gasteiger partial charge on any atom is -0.495 e. The molecule has 1 N–H and O–H groups in total. The lowest BCUT2D eigenvalue weighted by Crippen LogP contribution is -2.43. The lowest BCUT2D eigenvalue weighted by Gasteiger charge is -2.45. The maximum absolute atomic E-state index is 11.3. The molecule has 1 aromatic rings. The summed E-state index contributed by atoms with van der Waals surface area (Å²) in [5.74, 6) is 2.01. The molecule has 1 aliphatic rings. The van der Waals surface area contributed by atoms with Gasteiger partial charge in [0, 0.05) is 11.8 Å². The van der Waals surface area contributed by atoms with E-state index in [1.54, 1.807) is 19.5 Å². The van der Waals surface area contributed by atoms with Crippen molar-refractivity contribution in [2.45, 2.75) is 45.6 Å². The number of aliphatic hydroxyl groups is 1. The first-order valence-electron chi connectivity index (χ1n) is 7.19. The van der Waals surface area contributed by atoms with Crippen molar-refractivity contribution in [3.63, 3.8) is 0 Å². The highest BCUT2D eigenvalue weighted by Crippen LogP contribution is 2.47. The molecule has 3 atom stereocenters. The predicted molar refractivity (Wildman–Crippen MR) is 76.0 cm³/mol. The second-order valence-corrected chi connectivity index (χ2v) is 6.27. The Balaban J connectivity index is 2.39. The van der Waals surface area contributed by atoms with Gasteiger partial charge in [-0.2, -0.15) is 0 Å². The number of pyridine rings is 1. The lowest BCUT2D eigenvalue weighted by molar-refractivity contribution is -0.0869. The van der Waals surface area contributed by atoms with Crippen LogP contribution in [-0.4, -0.2) is 17.2 Å². The van der Waals surface area contributed by atoms with Crippen LogP contribution in [0.1, 0.15) is 45.6 Å². The molecule has 0 radical (unpaired) electrons. The van der Waals surface area contributed by atoms with E-state index in [0.29, 0.717) is 17.6 Å². The number of rotatable bonds is 3. The van der Waals surface area contributed by atoms with E-state index in [0.717, 1.165) is 18.4 Å². The third-order valence-corrected chi connectivity index (χ3v) is 4.50. The summed E-state index contributed by atoms with van der Waals surface area (Å²) in [6.07, 6.45) is 6.55. The van der Waals surface area contributed by atoms with E-state index in [4.69, 9.17) is 4.74 Å². The van der Waals surface area contributed by atoms with Gasteiger partial charge in [0.1, 0.15) is 5.75 Å². The molecule has 0 bridgehead atoms. The Morgan fingerprint density at radius 2 is 2.11 bits per heavy atom. The van der Waals surface area contributed by atoms with Crippen molar-refractivity contribution in [3.05, 3.63) is 24.0 Å². The molecule has 3 nitrogen and oxygen atoms in total. The van der Waals surface area contributed by atoms with Gasteiger partial charge in [-0.25, -0.2) is 0 Å². The van der Waals surface area contributed by atoms with Crippen LogP contribution >= 0.6 is 0 Å². The zero-order valence-corrected chi connectivity index (χ0v) is 12.4. The van der Waals surface area contributed by atoms with Gasteiger partial charge in [-0.3, -0.25) is 4.98 Å². The Morgan fingerprint density at radius 3 is 2.74 bits per heavy atom. The summed E-state index contributed by atoms with van der Waals surface area (Å²) < 4.78 is 5.24. The topological polar surface area (TPSA) is 42.4 Å². The first-order chi connectivity index (χ1) is 8.97. The fourth-order valence-corrected chi connectivity index (χ4v) is 3.47. The van der Waals surface area contributed by atoms with Crippen LogP contribution in [0.25, 0.3) is 0 Å². The van der Waals surface area contributed by atoms with Gasteiger partial charge >= 0.3 is 0 Å². The molecule has 1 heterocycles. The molecule has 0 amide bonds. The molecule has 1 aromatic heterocycles. The van der Waals surface area contributed by atoms with Crippen LogP contribution in [0.5, 0.6) is 5.75 Å². The maximum Gasteiger partial charge on any atom is 0.137 e. The highest BCUT2D eigenvalue weighted by molar-refractivity contribution is 5.29. The van der Waals surface area contributed by atoms with Crippen molar-refractivity contribution in [3.8, 4) is 5.75 Å². The molecule has 1 fully saturated rings. The molecule has 0 aromatic carbocycles. The molecule has 1 aliphatic carbocycles. The van der Waals surface area contributed by atoms with Crippen LogP contribution in [0, 0.1) is 17.8 Å². The van der Waals surface area contributed by atoms with Crippen molar-refractivity contribution in [2.24, 2.45) is 17.8 Å². The smallest absolute Gasteiger partial charge is 0.137 e. The van der Waals surface area contributed by atoms with Gasteiger partial charge in [0.25, 0.3) is 0 Å². The van der Waals surface area contributed by atoms with Crippen molar-refractivity contribution < 1.29 is 9.84 Å². The Morgan fingerprint density at radius 1 is 1.37 bits per heavy atom. The third-order valence-electron chi connectivity index (χ3n) is 4.50. The summed E-state index contributed by atoms with van der Waals surface area (Å²) in [6, 6.07) is 1.93. The van der Waals surface area contributed by atoms with Crippen molar-refractivity contribution in [1.29, 1.82) is 0 Å². The van der Waals surface area contributed by atoms with Crippen LogP contribution < -0.4 is 4.74 Å². The highest BCUT2D eigenvalue weighted by atomic mass is 16.5. The summed E-state index contributed by atoms with van der Waals surface area (Å²) in [5, 5.41) is 11.3. The van der Waals surface area contributed by atoms with E-state index in [9.17, 15) is 5.11 Å². The van der Waals surface area contributed by atoms with Gasteiger partial charge in [0.15, 0.2) is 0 Å². The fourth-order valence-electron chi connectivity index (χ4n) is 3.47. The zero-order valence-electron chi connectivity index (χ0n) is 12.4. The maximum atomic E-state index is 11.3. The van der Waals surface area contributed by atoms with Gasteiger partial charge in [-0.15, -0.1) is 0 Å². The third kappa shape index (κ3) is 2.76. The number of ether oxygens (including phenoxy) is 1. The summed E-state index contributed by atoms with van der Waals surface area (Å²) in [4.78, 5) is 4.21. The van der Waals surface area contributed by atoms with Gasteiger partial charge in [-0.05, 0) is 36.7 Å². The standard InChI is InChI=1S/C16H25NO2/c1-11(2)15-6-5-12(3)8-16(15,18)13-7-14(19-4)10-17-9-13/h7,9-12,15,18H,5-6,8H2,1-4H3. The van der Waals surface area contributed by atoms with E-state index in [2.05, 4.69) is 25.8 Å². The Labute approximate surface area is 116 Å². The number of hydrogen-bond donors (Lipinski definition) is 1. The Kier molecular flexibility index (Phi) is 4.14. The predicted octanol–water partition coefficient (Wildman–Crippen LogP) is 3.37. The van der Waals surface area contributed by atoms with Crippen LogP contribution in [-0.2, 0) is 5.60 Å². The Bertz CT molecular complexity index is 433. The summed E-state index contributed by atoms with van der Waals surface area (Å²) in [6.45, 7) is 6.60. The first kappa shape index (κ1) is 14.3. The Hall–Kier alpha value is -1.09. The van der Waals surface area contributed by atoms with E-state index < -0.39 is 5.60 Å². The van der Waals surface area contributed by atoms with E-state index in [1.165, 1.54) is 6.42 Å². The van der Waals surface area contributed by atoms with E-state index in [1.807, 2.05) is 6.07 Å². The van der Waals surface area contributed by atoms with Crippen LogP contribution in [0.2, 0.25) is 0 Å². The van der Waals surface area contributed by atoms with Gasteiger partial charge in [0.2, 0.25) is 0 Å². The van der Waals surface area contributed by atoms with Crippen molar-refractivity contribution >= 4 is 0 Å². The van der Waals surface area contributed by atoms with Gasteiger partial charge in [0.05, 0.1) is 18.9 Å². The molecule has 0 aliphatic heterocycles. The van der Waals surface area contributed by atoms with Crippen molar-refractivity contribution in [1.82, 2.24) is 4.98 Å². The summed E-state index contributed by atoms with van der Waals surface area (Å²) in [7, 11) is 1.63. The quantitative estimate of drug-likeness (QED) is 0.909. The molecular formula is C16H25NO2. The number of hydrogen-bond acceptors (Lipinski definition) is 3. The summed E-state index contributed by atoms with van der Waals surface area (Å²) >= 11 is 0. The average Bonchev–Trinajstić information content (AvgIpc) is 2.38. The van der Waals surface area contributed by atoms with Crippen molar-refractivity contribution in [2.75, 3.05) is 7.11 Å². The number of nitrogens with zero attached hydrogens (tertiary/aromatic N) is 1. The van der Waals surface area contributed by atoms with E-state index in [-0.39, 0.29) is 5.92 Å². The minimum absolute atomic E-state index is 0.289. The monoisotopic (exact) mass is 263 g/mol. The molecule has 3 heteroatoms. The largest absolute Gasteiger partial charge is 0.495 e. The molecule has 19 heavy (non-hydrogen) atoms. The molecule has 2 rings (SSSR count). The molecule has 3 unspecified atom stereocenters. The van der Waals surface area contributed by atoms with Crippen LogP contribution in [0.15, 0.2) is 18.5 Å². The molecule has 0 spiro atoms. The normalized spacial score (nSPS) is 31.5. The SMILES string of the molecule is COc1cncc(C2(O)CC(C)CCC2C(C)C)c1. The number of methoxy groups -OCH3 is 1. The highest BCUT2D eigenvalue weighted by Gasteiger charge is 2.44. The zero-order chi connectivity index (χ0) is 14.0. The second-order valence-electron chi connectivity index (χ2n) is 6.27. The van der Waals surface area contributed by atoms with Gasteiger partial charge in [-0.1, -0.05) is 27.2 Å². The fraction of sp³-hybridized carbons (Fsp3) is 0.688. The van der Waals surface area contributed by atoms with E-state index >= 15 is 0 Å². The van der Waals surface area contributed by atoms with Gasteiger partial charge < -0.3 is 9.84 Å². The van der Waals surface area contributed by atoms with Crippen LogP contribution in [0.4, 0.5) is 0 Å².